The molecule has 140 valence electrons. The Morgan fingerprint density at radius 2 is 1.69 bits per heavy atom. The number of nitrogens with one attached hydrogen (secondary N) is 2. The van der Waals surface area contributed by atoms with Crippen molar-refractivity contribution in [3.8, 4) is 0 Å². The monoisotopic (exact) mass is 362 g/mol. The van der Waals surface area contributed by atoms with Crippen molar-refractivity contribution in [1.82, 2.24) is 20.6 Å². The number of alkyl carbamates (subject to hydrolysis) is 1. The fourth-order valence-electron chi connectivity index (χ4n) is 2.22. The summed E-state index contributed by atoms with van der Waals surface area (Å²) in [5.41, 5.74) is 1.52. The van der Waals surface area contributed by atoms with Gasteiger partial charge >= 0.3 is 6.09 Å². The second-order valence-corrected chi connectivity index (χ2v) is 6.90. The van der Waals surface area contributed by atoms with Crippen molar-refractivity contribution in [2.24, 2.45) is 0 Å². The van der Waals surface area contributed by atoms with Crippen LogP contribution in [-0.4, -0.2) is 40.7 Å². The van der Waals surface area contributed by atoms with E-state index in [1.165, 1.54) is 6.07 Å². The zero-order valence-corrected chi connectivity index (χ0v) is 15.6. The molecule has 0 unspecified atom stereocenters. The number of aromatic nitrogens is 2. The quantitative estimate of drug-likeness (QED) is 0.816. The lowest BCUT2D eigenvalue weighted by Gasteiger charge is -2.19. The number of fused-ring (bicyclic) bond motifs is 1. The first-order chi connectivity index (χ1) is 12.1. The number of hydrogen-bond acceptors (Lipinski definition) is 5. The molecule has 8 heteroatoms. The largest absolute Gasteiger partial charge is 0.444 e. The minimum absolute atomic E-state index is 0.105. The number of rotatable bonds is 4. The first kappa shape index (κ1) is 19.6. The lowest BCUT2D eigenvalue weighted by atomic mass is 10.1. The molecule has 0 fully saturated rings. The molecule has 2 amide bonds. The maximum atomic E-state index is 13.8. The van der Waals surface area contributed by atoms with Gasteiger partial charge < -0.3 is 15.4 Å². The van der Waals surface area contributed by atoms with E-state index in [9.17, 15) is 14.0 Å². The SMILES string of the molecule is Cc1nc2cc(F)cc(C(=O)NCCNC(=O)OC(C)(C)C)c2nc1C. The number of amides is 2. The van der Waals surface area contributed by atoms with Crippen molar-refractivity contribution >= 4 is 23.0 Å². The average molecular weight is 362 g/mol. The van der Waals surface area contributed by atoms with Crippen molar-refractivity contribution in [1.29, 1.82) is 0 Å². The van der Waals surface area contributed by atoms with E-state index in [1.807, 2.05) is 0 Å². The van der Waals surface area contributed by atoms with Gasteiger partial charge in [0.1, 0.15) is 16.9 Å². The molecule has 0 saturated carbocycles. The van der Waals surface area contributed by atoms with Gasteiger partial charge in [0.05, 0.1) is 22.5 Å². The molecule has 0 bridgehead atoms. The summed E-state index contributed by atoms with van der Waals surface area (Å²) in [5, 5.41) is 5.16. The van der Waals surface area contributed by atoms with Crippen LogP contribution in [0.4, 0.5) is 9.18 Å². The molecule has 0 atom stereocenters. The van der Waals surface area contributed by atoms with Gasteiger partial charge in [0.25, 0.3) is 5.91 Å². The molecule has 0 radical (unpaired) electrons. The number of halogens is 1. The van der Waals surface area contributed by atoms with Gasteiger partial charge in [0, 0.05) is 19.2 Å². The zero-order valence-electron chi connectivity index (χ0n) is 15.6. The second-order valence-electron chi connectivity index (χ2n) is 6.90. The van der Waals surface area contributed by atoms with E-state index in [2.05, 4.69) is 20.6 Å². The summed E-state index contributed by atoms with van der Waals surface area (Å²) in [6, 6.07) is 2.37. The summed E-state index contributed by atoms with van der Waals surface area (Å²) in [7, 11) is 0. The molecule has 0 saturated heterocycles. The Bertz CT molecular complexity index is 846. The smallest absolute Gasteiger partial charge is 0.407 e. The van der Waals surface area contributed by atoms with Crippen molar-refractivity contribution in [3.63, 3.8) is 0 Å². The van der Waals surface area contributed by atoms with Crippen LogP contribution in [-0.2, 0) is 4.74 Å². The molecule has 26 heavy (non-hydrogen) atoms. The first-order valence-corrected chi connectivity index (χ1v) is 8.26. The first-order valence-electron chi connectivity index (χ1n) is 8.26. The molecule has 1 aromatic heterocycles. The Kier molecular flexibility index (Phi) is 5.74. The van der Waals surface area contributed by atoms with E-state index < -0.39 is 23.4 Å². The van der Waals surface area contributed by atoms with E-state index in [0.717, 1.165) is 6.07 Å². The maximum absolute atomic E-state index is 13.8. The summed E-state index contributed by atoms with van der Waals surface area (Å²) >= 11 is 0. The molecule has 0 aliphatic carbocycles. The highest BCUT2D eigenvalue weighted by molar-refractivity contribution is 6.04. The minimum atomic E-state index is -0.595. The molecular formula is C18H23FN4O3. The van der Waals surface area contributed by atoms with Crippen LogP contribution in [0, 0.1) is 19.7 Å². The van der Waals surface area contributed by atoms with Crippen LogP contribution < -0.4 is 10.6 Å². The van der Waals surface area contributed by atoms with Crippen LogP contribution in [0.5, 0.6) is 0 Å². The van der Waals surface area contributed by atoms with Gasteiger partial charge in [-0.1, -0.05) is 0 Å². The van der Waals surface area contributed by atoms with E-state index in [0.29, 0.717) is 22.4 Å². The van der Waals surface area contributed by atoms with Gasteiger partial charge in [-0.05, 0) is 40.7 Å². The third-order valence-electron chi connectivity index (χ3n) is 3.47. The van der Waals surface area contributed by atoms with E-state index in [1.54, 1.807) is 34.6 Å². The second kappa shape index (κ2) is 7.63. The van der Waals surface area contributed by atoms with Gasteiger partial charge in [-0.3, -0.25) is 4.79 Å². The standard InChI is InChI=1S/C18H23FN4O3/c1-10-11(2)23-15-13(8-12(19)9-14(15)22-10)16(24)20-6-7-21-17(25)26-18(3,4)5/h8-9H,6-7H2,1-5H3,(H,20,24)(H,21,25). The molecule has 0 spiro atoms. The van der Waals surface area contributed by atoms with Crippen LogP contribution >= 0.6 is 0 Å². The minimum Gasteiger partial charge on any atom is -0.444 e. The number of hydrogen-bond donors (Lipinski definition) is 2. The fraction of sp³-hybridized carbons (Fsp3) is 0.444. The molecule has 1 aromatic carbocycles. The Morgan fingerprint density at radius 3 is 2.35 bits per heavy atom. The molecule has 2 N–H and O–H groups in total. The summed E-state index contributed by atoms with van der Waals surface area (Å²) < 4.78 is 18.9. The van der Waals surface area contributed by atoms with Crippen molar-refractivity contribution in [2.75, 3.05) is 13.1 Å². The van der Waals surface area contributed by atoms with Gasteiger partial charge in [0.2, 0.25) is 0 Å². The zero-order chi connectivity index (χ0) is 19.5. The Morgan fingerprint density at radius 1 is 1.08 bits per heavy atom. The number of carbonyl (C=O) groups excluding carboxylic acids is 2. The summed E-state index contributed by atoms with van der Waals surface area (Å²) in [6.45, 7) is 9.16. The van der Waals surface area contributed by atoms with Crippen LogP contribution in [0.15, 0.2) is 12.1 Å². The number of ether oxygens (including phenoxy) is 1. The highest BCUT2D eigenvalue weighted by Gasteiger charge is 2.17. The summed E-state index contributed by atoms with van der Waals surface area (Å²) in [5.74, 6) is -1.05. The van der Waals surface area contributed by atoms with Gasteiger partial charge in [-0.15, -0.1) is 0 Å². The van der Waals surface area contributed by atoms with Crippen LogP contribution in [0.2, 0.25) is 0 Å². The average Bonchev–Trinajstić information content (AvgIpc) is 2.50. The molecule has 0 aliphatic rings. The fourth-order valence-corrected chi connectivity index (χ4v) is 2.22. The molecule has 2 rings (SSSR count). The number of aryl methyl sites for hydroxylation is 2. The van der Waals surface area contributed by atoms with Crippen molar-refractivity contribution < 1.29 is 18.7 Å². The Hall–Kier alpha value is -2.77. The Labute approximate surface area is 151 Å². The molecular weight excluding hydrogens is 339 g/mol. The molecule has 2 aromatic rings. The van der Waals surface area contributed by atoms with E-state index in [-0.39, 0.29) is 18.7 Å². The molecule has 0 aliphatic heterocycles. The predicted molar refractivity (Wildman–Crippen MR) is 95.5 cm³/mol. The number of nitrogens with zero attached hydrogens (tertiary/aromatic N) is 2. The van der Waals surface area contributed by atoms with Crippen LogP contribution in [0.25, 0.3) is 11.0 Å². The number of carbonyl (C=O) groups is 2. The molecule has 1 heterocycles. The van der Waals surface area contributed by atoms with Crippen molar-refractivity contribution in [3.05, 3.63) is 34.9 Å². The lowest BCUT2D eigenvalue weighted by molar-refractivity contribution is 0.0526. The topological polar surface area (TPSA) is 93.2 Å². The lowest BCUT2D eigenvalue weighted by Crippen LogP contribution is -2.38. The van der Waals surface area contributed by atoms with Crippen LogP contribution in [0.1, 0.15) is 42.5 Å². The normalized spacial score (nSPS) is 11.3. The summed E-state index contributed by atoms with van der Waals surface area (Å²) in [4.78, 5) is 32.6. The number of benzene rings is 1. The van der Waals surface area contributed by atoms with Crippen LogP contribution in [0.3, 0.4) is 0 Å². The van der Waals surface area contributed by atoms with Gasteiger partial charge in [0.15, 0.2) is 0 Å². The third kappa shape index (κ3) is 5.11. The summed E-state index contributed by atoms with van der Waals surface area (Å²) in [6.07, 6.45) is -0.570. The maximum Gasteiger partial charge on any atom is 0.407 e. The third-order valence-corrected chi connectivity index (χ3v) is 3.47. The highest BCUT2D eigenvalue weighted by Crippen LogP contribution is 2.19. The van der Waals surface area contributed by atoms with Gasteiger partial charge in [-0.2, -0.15) is 0 Å². The Balaban J connectivity index is 2.04. The van der Waals surface area contributed by atoms with Crippen molar-refractivity contribution in [2.45, 2.75) is 40.2 Å². The van der Waals surface area contributed by atoms with E-state index >= 15 is 0 Å². The predicted octanol–water partition coefficient (Wildman–Crippen LogP) is 2.64. The highest BCUT2D eigenvalue weighted by atomic mass is 19.1. The molecule has 7 nitrogen and oxygen atoms in total. The van der Waals surface area contributed by atoms with E-state index in [4.69, 9.17) is 4.74 Å². The van der Waals surface area contributed by atoms with Gasteiger partial charge in [-0.25, -0.2) is 19.2 Å².